The summed E-state index contributed by atoms with van der Waals surface area (Å²) in [6, 6.07) is 4.06. The fourth-order valence-electron chi connectivity index (χ4n) is 3.15. The molecule has 0 saturated heterocycles. The highest BCUT2D eigenvalue weighted by molar-refractivity contribution is 7.85. The molecule has 6 nitrogen and oxygen atoms in total. The summed E-state index contributed by atoms with van der Waals surface area (Å²) in [6.45, 7) is 5.07. The lowest BCUT2D eigenvalue weighted by molar-refractivity contribution is -0.667. The molecule has 0 amide bonds. The highest BCUT2D eigenvalue weighted by Crippen LogP contribution is 2.38. The van der Waals surface area contributed by atoms with Gasteiger partial charge in [0.15, 0.2) is 6.54 Å². The number of aryl methyl sites for hydroxylation is 1. The Morgan fingerprint density at radius 2 is 2.14 bits per heavy atom. The van der Waals surface area contributed by atoms with Gasteiger partial charge in [-0.25, -0.2) is 0 Å². The maximum atomic E-state index is 11.2. The molecule has 0 fully saturated rings. The van der Waals surface area contributed by atoms with E-state index in [9.17, 15) is 8.42 Å². The molecular weight excluding hydrogens is 418 g/mol. The van der Waals surface area contributed by atoms with Crippen LogP contribution in [0.4, 0.5) is 0 Å². The molecule has 0 aliphatic carbocycles. The molecule has 2 heterocycles. The van der Waals surface area contributed by atoms with Gasteiger partial charge in [0.1, 0.15) is 20.9 Å². The normalized spacial score (nSPS) is 12.8. The summed E-state index contributed by atoms with van der Waals surface area (Å²) in [5.74, 6) is 1.44. The van der Waals surface area contributed by atoms with Gasteiger partial charge in [-0.1, -0.05) is 18.3 Å². The number of benzene rings is 1. The third-order valence-corrected chi connectivity index (χ3v) is 7.16. The van der Waals surface area contributed by atoms with Crippen LogP contribution in [-0.4, -0.2) is 32.4 Å². The summed E-state index contributed by atoms with van der Waals surface area (Å²) < 4.78 is 47.0. The number of methoxy groups -OCH3 is 1. The highest BCUT2D eigenvalue weighted by atomic mass is 32.2. The number of thiophene rings is 1. The number of hydrogen-bond donors (Lipinski definition) is 1. The Morgan fingerprint density at radius 1 is 1.36 bits per heavy atom. The number of allylic oxidation sites excluding steroid dienone is 1. The Morgan fingerprint density at radius 3 is 2.79 bits per heavy atom. The van der Waals surface area contributed by atoms with Gasteiger partial charge in [-0.15, -0.1) is 11.3 Å². The molecule has 152 valence electrons. The minimum absolute atomic E-state index is 0.268. The van der Waals surface area contributed by atoms with Gasteiger partial charge >= 0.3 is 0 Å². The summed E-state index contributed by atoms with van der Waals surface area (Å²) in [5, 5.41) is 4.05. The Balaban J connectivity index is 2.18. The topological polar surface area (TPSA) is 76.7 Å². The summed E-state index contributed by atoms with van der Waals surface area (Å²) in [6.07, 6.45) is 3.11. The van der Waals surface area contributed by atoms with Crippen molar-refractivity contribution >= 4 is 59.2 Å². The van der Waals surface area contributed by atoms with Gasteiger partial charge in [0.05, 0.1) is 25.5 Å². The molecule has 1 aromatic carbocycles. The molecule has 28 heavy (non-hydrogen) atoms. The van der Waals surface area contributed by atoms with Crippen LogP contribution >= 0.6 is 22.7 Å². The van der Waals surface area contributed by atoms with Crippen molar-refractivity contribution in [2.24, 2.45) is 0 Å². The molecule has 0 atom stereocenters. The second kappa shape index (κ2) is 8.77. The SMILES string of the molecule is CCO/C(=C\c1sc2cc(OC)c3ccsc3c2[n+]1CCCS(=O)(=O)O)CC. The van der Waals surface area contributed by atoms with Gasteiger partial charge in [-0.3, -0.25) is 4.55 Å². The first-order valence-corrected chi connectivity index (χ1v) is 12.4. The number of rotatable bonds is 9. The Hall–Kier alpha value is -1.68. The van der Waals surface area contributed by atoms with Gasteiger partial charge in [0.25, 0.3) is 15.1 Å². The molecule has 0 spiro atoms. The van der Waals surface area contributed by atoms with Crippen molar-refractivity contribution in [1.29, 1.82) is 0 Å². The average molecular weight is 443 g/mol. The quantitative estimate of drug-likeness (QED) is 0.300. The van der Waals surface area contributed by atoms with Gasteiger partial charge in [0, 0.05) is 24.3 Å². The fraction of sp³-hybridized carbons (Fsp3) is 0.421. The molecule has 0 unspecified atom stereocenters. The Labute approximate surface area is 172 Å². The van der Waals surface area contributed by atoms with Crippen LogP contribution in [0.3, 0.4) is 0 Å². The van der Waals surface area contributed by atoms with E-state index in [1.165, 1.54) is 0 Å². The van der Waals surface area contributed by atoms with Crippen molar-refractivity contribution in [2.45, 2.75) is 33.2 Å². The zero-order chi connectivity index (χ0) is 20.3. The van der Waals surface area contributed by atoms with Crippen molar-refractivity contribution in [3.05, 3.63) is 28.3 Å². The maximum absolute atomic E-state index is 11.2. The molecular formula is C19H24NO5S3+. The van der Waals surface area contributed by atoms with Crippen molar-refractivity contribution in [3.63, 3.8) is 0 Å². The monoisotopic (exact) mass is 442 g/mol. The summed E-state index contributed by atoms with van der Waals surface area (Å²) in [5.41, 5.74) is 1.06. The van der Waals surface area contributed by atoms with E-state index >= 15 is 0 Å². The van der Waals surface area contributed by atoms with Crippen LogP contribution in [0.5, 0.6) is 5.75 Å². The molecule has 0 saturated carbocycles. The number of nitrogens with zero attached hydrogens (tertiary/aromatic N) is 1. The zero-order valence-corrected chi connectivity index (χ0v) is 18.5. The number of fused-ring (bicyclic) bond motifs is 3. The number of aromatic nitrogens is 1. The first kappa shape index (κ1) is 21.0. The fourth-order valence-corrected chi connectivity index (χ4v) is 5.86. The highest BCUT2D eigenvalue weighted by Gasteiger charge is 2.25. The third-order valence-electron chi connectivity index (χ3n) is 4.36. The molecule has 0 aliphatic heterocycles. The molecule has 1 N–H and O–H groups in total. The van der Waals surface area contributed by atoms with Gasteiger partial charge in [-0.2, -0.15) is 13.0 Å². The van der Waals surface area contributed by atoms with Crippen LogP contribution in [0.25, 0.3) is 26.4 Å². The van der Waals surface area contributed by atoms with Gasteiger partial charge < -0.3 is 9.47 Å². The van der Waals surface area contributed by atoms with Crippen LogP contribution in [0.2, 0.25) is 0 Å². The lowest BCUT2D eigenvalue weighted by atomic mass is 10.2. The zero-order valence-electron chi connectivity index (χ0n) is 16.1. The summed E-state index contributed by atoms with van der Waals surface area (Å²) in [4.78, 5) is 0. The molecule has 0 bridgehead atoms. The predicted molar refractivity (Wildman–Crippen MR) is 115 cm³/mol. The Kier molecular flexibility index (Phi) is 6.59. The summed E-state index contributed by atoms with van der Waals surface area (Å²) >= 11 is 3.25. The number of ether oxygens (including phenoxy) is 2. The van der Waals surface area contributed by atoms with E-state index in [1.807, 2.05) is 37.4 Å². The van der Waals surface area contributed by atoms with Crippen LogP contribution in [0, 0.1) is 0 Å². The van der Waals surface area contributed by atoms with E-state index in [0.29, 0.717) is 19.6 Å². The molecule has 9 heteroatoms. The van der Waals surface area contributed by atoms with Crippen LogP contribution < -0.4 is 9.30 Å². The first-order valence-electron chi connectivity index (χ1n) is 9.07. The van der Waals surface area contributed by atoms with E-state index in [-0.39, 0.29) is 5.75 Å². The largest absolute Gasteiger partial charge is 0.498 e. The minimum Gasteiger partial charge on any atom is -0.498 e. The van der Waals surface area contributed by atoms with Crippen LogP contribution in [0.1, 0.15) is 31.7 Å². The lowest BCUT2D eigenvalue weighted by Crippen LogP contribution is -2.36. The van der Waals surface area contributed by atoms with E-state index in [4.69, 9.17) is 14.0 Å². The van der Waals surface area contributed by atoms with E-state index in [0.717, 1.165) is 43.2 Å². The van der Waals surface area contributed by atoms with E-state index < -0.39 is 10.1 Å². The number of thiazole rings is 1. The maximum Gasteiger partial charge on any atom is 0.266 e. The van der Waals surface area contributed by atoms with Crippen LogP contribution in [-0.2, 0) is 21.4 Å². The number of hydrogen-bond acceptors (Lipinski definition) is 6. The van der Waals surface area contributed by atoms with Crippen LogP contribution in [0.15, 0.2) is 23.3 Å². The molecule has 2 aromatic heterocycles. The Bertz CT molecular complexity index is 1110. The first-order chi connectivity index (χ1) is 13.4. The second-order valence-corrected chi connectivity index (χ2v) is 9.77. The second-order valence-electron chi connectivity index (χ2n) is 6.22. The summed E-state index contributed by atoms with van der Waals surface area (Å²) in [7, 11) is -2.33. The minimum atomic E-state index is -3.99. The predicted octanol–water partition coefficient (Wildman–Crippen LogP) is 4.48. The van der Waals surface area contributed by atoms with Crippen molar-refractivity contribution in [2.75, 3.05) is 19.5 Å². The molecule has 3 aromatic rings. The van der Waals surface area contributed by atoms with E-state index in [2.05, 4.69) is 4.57 Å². The van der Waals surface area contributed by atoms with Gasteiger partial charge in [-0.05, 0) is 18.4 Å². The standard InChI is InChI=1S/C19H23NO5S3/c1-4-13(25-5-2)11-17-20(8-6-10-28(21,22)23)18-16(27-17)12-15(24-3)14-7-9-26-19(14)18/h7,9,11-12H,4-6,8,10H2,1-3H3/p+1/b13-11-. The molecule has 3 rings (SSSR count). The van der Waals surface area contributed by atoms with Crippen molar-refractivity contribution < 1.29 is 27.0 Å². The van der Waals surface area contributed by atoms with Gasteiger partial charge in [0.2, 0.25) is 5.52 Å². The lowest BCUT2D eigenvalue weighted by Gasteiger charge is -2.04. The van der Waals surface area contributed by atoms with E-state index in [1.54, 1.807) is 29.8 Å². The average Bonchev–Trinajstić information content (AvgIpc) is 3.24. The smallest absolute Gasteiger partial charge is 0.266 e. The molecule has 0 aliphatic rings. The molecule has 0 radical (unpaired) electrons. The third kappa shape index (κ3) is 4.48. The van der Waals surface area contributed by atoms with Crippen molar-refractivity contribution in [3.8, 4) is 5.75 Å². The van der Waals surface area contributed by atoms with Crippen molar-refractivity contribution in [1.82, 2.24) is 0 Å².